The van der Waals surface area contributed by atoms with Crippen LogP contribution in [0.4, 0.5) is 5.69 Å². The Morgan fingerprint density at radius 3 is 3.00 bits per heavy atom. The highest BCUT2D eigenvalue weighted by Gasteiger charge is 2.14. The Kier molecular flexibility index (Phi) is 2.43. The molecule has 0 aromatic carbocycles. The minimum absolute atomic E-state index is 0.528. The number of hydrogen-bond donors (Lipinski definition) is 2. The van der Waals surface area contributed by atoms with Gasteiger partial charge in [0, 0.05) is 29.0 Å². The van der Waals surface area contributed by atoms with Gasteiger partial charge in [-0.2, -0.15) is 0 Å². The normalized spacial score (nSPS) is 12.6. The molecule has 0 radical (unpaired) electrons. The molecule has 5 heteroatoms. The van der Waals surface area contributed by atoms with E-state index in [0.29, 0.717) is 16.9 Å². The van der Waals surface area contributed by atoms with E-state index < -0.39 is 6.10 Å². The molecule has 0 saturated heterocycles. The Morgan fingerprint density at radius 2 is 2.36 bits per heavy atom. The summed E-state index contributed by atoms with van der Waals surface area (Å²) in [7, 11) is 0. The lowest BCUT2D eigenvalue weighted by atomic mass is 10.1. The van der Waals surface area contributed by atoms with E-state index in [0.717, 1.165) is 0 Å². The molecule has 72 valence electrons. The van der Waals surface area contributed by atoms with Gasteiger partial charge in [0.1, 0.15) is 6.10 Å². The smallest absolute Gasteiger partial charge is 0.125 e. The molecular weight excluding hydrogens is 198 g/mol. The Balaban J connectivity index is 2.37. The Bertz CT molecular complexity index is 416. The minimum atomic E-state index is -0.782. The number of nitrogens with zero attached hydrogens (tertiary/aromatic N) is 2. The molecule has 0 spiro atoms. The molecule has 0 amide bonds. The van der Waals surface area contributed by atoms with Gasteiger partial charge in [-0.3, -0.25) is 4.98 Å². The maximum absolute atomic E-state index is 9.89. The van der Waals surface area contributed by atoms with Crippen LogP contribution < -0.4 is 5.73 Å². The number of nitrogens with two attached hydrogens (primary N) is 1. The van der Waals surface area contributed by atoms with Crippen LogP contribution in [-0.2, 0) is 0 Å². The average Bonchev–Trinajstić information content (AvgIpc) is 2.70. The third-order valence-electron chi connectivity index (χ3n) is 1.91. The summed E-state index contributed by atoms with van der Waals surface area (Å²) in [6.45, 7) is 0. The molecule has 1 unspecified atom stereocenters. The van der Waals surface area contributed by atoms with Crippen LogP contribution in [-0.4, -0.2) is 15.1 Å². The van der Waals surface area contributed by atoms with Gasteiger partial charge in [0.2, 0.25) is 0 Å². The molecule has 1 atom stereocenters. The second-order valence-electron chi connectivity index (χ2n) is 2.82. The summed E-state index contributed by atoms with van der Waals surface area (Å²) in [5.74, 6) is 0. The zero-order valence-corrected chi connectivity index (χ0v) is 8.11. The first-order valence-corrected chi connectivity index (χ1v) is 4.99. The highest BCUT2D eigenvalue weighted by molar-refractivity contribution is 7.07. The van der Waals surface area contributed by atoms with Gasteiger partial charge < -0.3 is 10.8 Å². The number of aliphatic hydroxyl groups is 1. The summed E-state index contributed by atoms with van der Waals surface area (Å²) >= 11 is 1.44. The number of thiazole rings is 1. The van der Waals surface area contributed by atoms with Crippen molar-refractivity contribution in [2.24, 2.45) is 0 Å². The molecule has 0 fully saturated rings. The quantitative estimate of drug-likeness (QED) is 0.776. The van der Waals surface area contributed by atoms with Gasteiger partial charge in [-0.25, -0.2) is 4.98 Å². The van der Waals surface area contributed by atoms with Crippen LogP contribution in [0.1, 0.15) is 17.4 Å². The van der Waals surface area contributed by atoms with Crippen LogP contribution in [0, 0.1) is 0 Å². The Labute approximate surface area is 85.1 Å². The van der Waals surface area contributed by atoms with E-state index in [-0.39, 0.29) is 0 Å². The SMILES string of the molecule is Nc1ccncc1C(O)c1cscn1. The Morgan fingerprint density at radius 1 is 1.50 bits per heavy atom. The summed E-state index contributed by atoms with van der Waals surface area (Å²) in [6.07, 6.45) is 2.36. The molecule has 4 nitrogen and oxygen atoms in total. The lowest BCUT2D eigenvalue weighted by Crippen LogP contribution is -2.04. The van der Waals surface area contributed by atoms with Gasteiger partial charge in [-0.05, 0) is 6.07 Å². The number of aromatic nitrogens is 2. The first-order chi connectivity index (χ1) is 6.79. The molecule has 2 rings (SSSR count). The van der Waals surface area contributed by atoms with Crippen molar-refractivity contribution in [2.75, 3.05) is 5.73 Å². The van der Waals surface area contributed by atoms with Crippen molar-refractivity contribution in [2.45, 2.75) is 6.10 Å². The number of pyridine rings is 1. The number of anilines is 1. The lowest BCUT2D eigenvalue weighted by molar-refractivity contribution is 0.216. The van der Waals surface area contributed by atoms with Gasteiger partial charge in [0.05, 0.1) is 11.2 Å². The lowest BCUT2D eigenvalue weighted by Gasteiger charge is -2.09. The van der Waals surface area contributed by atoms with E-state index in [9.17, 15) is 5.11 Å². The van der Waals surface area contributed by atoms with Crippen molar-refractivity contribution in [1.29, 1.82) is 0 Å². The van der Waals surface area contributed by atoms with Crippen LogP contribution >= 0.6 is 11.3 Å². The van der Waals surface area contributed by atoms with Crippen LogP contribution in [0.5, 0.6) is 0 Å². The fourth-order valence-corrected chi connectivity index (χ4v) is 1.73. The molecule has 0 saturated carbocycles. The van der Waals surface area contributed by atoms with Crippen molar-refractivity contribution in [3.8, 4) is 0 Å². The fourth-order valence-electron chi connectivity index (χ4n) is 1.16. The van der Waals surface area contributed by atoms with Crippen LogP contribution in [0.3, 0.4) is 0 Å². The summed E-state index contributed by atoms with van der Waals surface area (Å²) < 4.78 is 0. The number of aliphatic hydroxyl groups excluding tert-OH is 1. The predicted octanol–water partition coefficient (Wildman–Crippen LogP) is 1.20. The molecule has 2 heterocycles. The largest absolute Gasteiger partial charge is 0.398 e. The zero-order valence-electron chi connectivity index (χ0n) is 7.29. The molecule has 2 aromatic heterocycles. The van der Waals surface area contributed by atoms with Gasteiger partial charge in [0.15, 0.2) is 0 Å². The van der Waals surface area contributed by atoms with E-state index >= 15 is 0 Å². The predicted molar refractivity (Wildman–Crippen MR) is 54.8 cm³/mol. The maximum atomic E-state index is 9.89. The van der Waals surface area contributed by atoms with Crippen molar-refractivity contribution < 1.29 is 5.11 Å². The zero-order chi connectivity index (χ0) is 9.97. The van der Waals surface area contributed by atoms with Gasteiger partial charge in [-0.1, -0.05) is 0 Å². The first kappa shape index (κ1) is 9.11. The third-order valence-corrected chi connectivity index (χ3v) is 2.52. The summed E-state index contributed by atoms with van der Waals surface area (Å²) in [5, 5.41) is 11.7. The minimum Gasteiger partial charge on any atom is -0.398 e. The van der Waals surface area contributed by atoms with E-state index in [1.807, 2.05) is 0 Å². The van der Waals surface area contributed by atoms with Crippen LogP contribution in [0.15, 0.2) is 29.4 Å². The van der Waals surface area contributed by atoms with E-state index in [2.05, 4.69) is 9.97 Å². The number of nitrogen functional groups attached to an aromatic ring is 1. The molecule has 14 heavy (non-hydrogen) atoms. The van der Waals surface area contributed by atoms with Gasteiger partial charge in [-0.15, -0.1) is 11.3 Å². The van der Waals surface area contributed by atoms with Gasteiger partial charge in [0.25, 0.3) is 0 Å². The molecular formula is C9H9N3OS. The van der Waals surface area contributed by atoms with Crippen LogP contribution in [0.2, 0.25) is 0 Å². The van der Waals surface area contributed by atoms with E-state index in [1.165, 1.54) is 11.3 Å². The van der Waals surface area contributed by atoms with Crippen molar-refractivity contribution in [3.05, 3.63) is 40.6 Å². The average molecular weight is 207 g/mol. The standard InChI is InChI=1S/C9H9N3OS/c10-7-1-2-11-3-6(7)9(13)8-4-14-5-12-8/h1-5,9,13H,(H2,10,11). The molecule has 2 aromatic rings. The summed E-state index contributed by atoms with van der Waals surface area (Å²) in [6, 6.07) is 1.66. The molecule has 0 bridgehead atoms. The van der Waals surface area contributed by atoms with Gasteiger partial charge >= 0.3 is 0 Å². The molecule has 0 aliphatic carbocycles. The fraction of sp³-hybridized carbons (Fsp3) is 0.111. The number of rotatable bonds is 2. The molecule has 3 N–H and O–H groups in total. The molecule has 0 aliphatic rings. The van der Waals surface area contributed by atoms with Crippen molar-refractivity contribution >= 4 is 17.0 Å². The summed E-state index contributed by atoms with van der Waals surface area (Å²) in [5.41, 5.74) is 9.11. The second kappa shape index (κ2) is 3.73. The van der Waals surface area contributed by atoms with Crippen molar-refractivity contribution in [1.82, 2.24) is 9.97 Å². The molecule has 0 aliphatic heterocycles. The number of hydrogen-bond acceptors (Lipinski definition) is 5. The third kappa shape index (κ3) is 1.59. The maximum Gasteiger partial charge on any atom is 0.125 e. The van der Waals surface area contributed by atoms with E-state index in [4.69, 9.17) is 5.73 Å². The monoisotopic (exact) mass is 207 g/mol. The van der Waals surface area contributed by atoms with Crippen LogP contribution in [0.25, 0.3) is 0 Å². The highest BCUT2D eigenvalue weighted by Crippen LogP contribution is 2.24. The second-order valence-corrected chi connectivity index (χ2v) is 3.54. The van der Waals surface area contributed by atoms with Crippen molar-refractivity contribution in [3.63, 3.8) is 0 Å². The first-order valence-electron chi connectivity index (χ1n) is 4.04. The highest BCUT2D eigenvalue weighted by atomic mass is 32.1. The van der Waals surface area contributed by atoms with E-state index in [1.54, 1.807) is 29.4 Å². The topological polar surface area (TPSA) is 72.0 Å². The Hall–Kier alpha value is -1.46. The summed E-state index contributed by atoms with van der Waals surface area (Å²) in [4.78, 5) is 7.93.